The lowest BCUT2D eigenvalue weighted by molar-refractivity contribution is 0.393. The third-order valence-corrected chi connectivity index (χ3v) is 3.15. The molecule has 0 fully saturated rings. The van der Waals surface area contributed by atoms with Gasteiger partial charge in [-0.05, 0) is 37.1 Å². The number of benzene rings is 1. The first-order valence-corrected chi connectivity index (χ1v) is 5.93. The molecular weight excluding hydrogens is 222 g/mol. The van der Waals surface area contributed by atoms with Crippen molar-refractivity contribution >= 4 is 11.6 Å². The minimum Gasteiger partial charge on any atom is -0.496 e. The Bertz CT molecular complexity index is 363. The van der Waals surface area contributed by atoms with Gasteiger partial charge in [-0.3, -0.25) is 0 Å². The van der Waals surface area contributed by atoms with Gasteiger partial charge in [0.2, 0.25) is 0 Å². The molecule has 3 heteroatoms. The van der Waals surface area contributed by atoms with E-state index in [1.807, 2.05) is 19.1 Å². The topological polar surface area (TPSA) is 35.2 Å². The van der Waals surface area contributed by atoms with Crippen molar-refractivity contribution < 1.29 is 4.74 Å². The highest BCUT2D eigenvalue weighted by atomic mass is 35.5. The molecule has 1 atom stereocenters. The molecule has 1 aromatic carbocycles. The minimum atomic E-state index is 0.285. The van der Waals surface area contributed by atoms with Crippen LogP contribution < -0.4 is 10.5 Å². The average Bonchev–Trinajstić information content (AvgIpc) is 2.17. The number of hydrogen-bond acceptors (Lipinski definition) is 2. The highest BCUT2D eigenvalue weighted by molar-refractivity contribution is 6.30. The number of aryl methyl sites for hydroxylation is 1. The second-order valence-corrected chi connectivity index (χ2v) is 4.87. The van der Waals surface area contributed by atoms with Gasteiger partial charge in [-0.15, -0.1) is 0 Å². The second-order valence-electron chi connectivity index (χ2n) is 4.43. The Morgan fingerprint density at radius 1 is 1.38 bits per heavy atom. The number of rotatable bonds is 4. The summed E-state index contributed by atoms with van der Waals surface area (Å²) in [6.07, 6.45) is 0. The van der Waals surface area contributed by atoms with E-state index in [0.717, 1.165) is 21.9 Å². The molecule has 0 aromatic heterocycles. The van der Waals surface area contributed by atoms with Gasteiger partial charge < -0.3 is 10.5 Å². The molecule has 0 saturated carbocycles. The molecule has 0 radical (unpaired) electrons. The van der Waals surface area contributed by atoms with E-state index in [1.165, 1.54) is 0 Å². The zero-order valence-electron chi connectivity index (χ0n) is 10.4. The fourth-order valence-electron chi connectivity index (χ4n) is 2.07. The Kier molecular flexibility index (Phi) is 4.63. The number of halogens is 1. The van der Waals surface area contributed by atoms with Crippen LogP contribution in [0, 0.1) is 12.8 Å². The number of ether oxygens (including phenoxy) is 1. The number of nitrogens with two attached hydrogens (primary N) is 1. The van der Waals surface area contributed by atoms with E-state index in [1.54, 1.807) is 7.11 Å². The van der Waals surface area contributed by atoms with E-state index >= 15 is 0 Å². The third kappa shape index (κ3) is 2.69. The van der Waals surface area contributed by atoms with Crippen LogP contribution in [-0.4, -0.2) is 13.7 Å². The summed E-state index contributed by atoms with van der Waals surface area (Å²) in [5.74, 6) is 1.66. The van der Waals surface area contributed by atoms with Crippen LogP contribution >= 0.6 is 11.6 Å². The average molecular weight is 242 g/mol. The Balaban J connectivity index is 3.29. The zero-order chi connectivity index (χ0) is 12.3. The van der Waals surface area contributed by atoms with Gasteiger partial charge in [-0.1, -0.05) is 25.4 Å². The van der Waals surface area contributed by atoms with Crippen molar-refractivity contribution in [2.75, 3.05) is 13.7 Å². The molecule has 16 heavy (non-hydrogen) atoms. The summed E-state index contributed by atoms with van der Waals surface area (Å²) in [5.41, 5.74) is 8.01. The van der Waals surface area contributed by atoms with Gasteiger partial charge >= 0.3 is 0 Å². The van der Waals surface area contributed by atoms with Crippen molar-refractivity contribution in [2.24, 2.45) is 11.7 Å². The van der Waals surface area contributed by atoms with Crippen molar-refractivity contribution in [1.29, 1.82) is 0 Å². The van der Waals surface area contributed by atoms with Gasteiger partial charge in [0.1, 0.15) is 5.75 Å². The van der Waals surface area contributed by atoms with E-state index in [4.69, 9.17) is 22.1 Å². The maximum absolute atomic E-state index is 6.09. The Labute approximate surface area is 103 Å². The maximum Gasteiger partial charge on any atom is 0.125 e. The monoisotopic (exact) mass is 241 g/mol. The fourth-order valence-corrected chi connectivity index (χ4v) is 2.35. The van der Waals surface area contributed by atoms with Gasteiger partial charge in [0, 0.05) is 16.5 Å². The lowest BCUT2D eigenvalue weighted by Crippen LogP contribution is -2.18. The van der Waals surface area contributed by atoms with Gasteiger partial charge in [0.25, 0.3) is 0 Å². The molecule has 2 N–H and O–H groups in total. The fraction of sp³-hybridized carbons (Fsp3) is 0.538. The summed E-state index contributed by atoms with van der Waals surface area (Å²) in [4.78, 5) is 0. The van der Waals surface area contributed by atoms with Crippen molar-refractivity contribution in [3.05, 3.63) is 28.3 Å². The van der Waals surface area contributed by atoms with Crippen LogP contribution in [0.1, 0.15) is 30.9 Å². The standard InChI is InChI=1S/C13H20ClNO/c1-8(2)12(7-15)11-6-10(14)5-9(3)13(11)16-4/h5-6,8,12H,7,15H2,1-4H3. The van der Waals surface area contributed by atoms with E-state index in [2.05, 4.69) is 13.8 Å². The summed E-state index contributed by atoms with van der Waals surface area (Å²) in [7, 11) is 1.69. The molecule has 0 aliphatic carbocycles. The molecule has 0 amide bonds. The first kappa shape index (κ1) is 13.3. The molecule has 1 aromatic rings. The maximum atomic E-state index is 6.09. The van der Waals surface area contributed by atoms with E-state index in [0.29, 0.717) is 12.5 Å². The molecular formula is C13H20ClNO. The normalized spacial score (nSPS) is 12.9. The Hall–Kier alpha value is -0.730. The van der Waals surface area contributed by atoms with Crippen LogP contribution in [0.3, 0.4) is 0 Å². The predicted octanol–water partition coefficient (Wildman–Crippen LogP) is 3.36. The molecule has 0 aliphatic rings. The van der Waals surface area contributed by atoms with E-state index in [9.17, 15) is 0 Å². The summed E-state index contributed by atoms with van der Waals surface area (Å²) in [5, 5.41) is 0.743. The number of hydrogen-bond donors (Lipinski definition) is 1. The van der Waals surface area contributed by atoms with E-state index < -0.39 is 0 Å². The minimum absolute atomic E-state index is 0.285. The van der Waals surface area contributed by atoms with Crippen LogP contribution in [-0.2, 0) is 0 Å². The third-order valence-electron chi connectivity index (χ3n) is 2.93. The largest absolute Gasteiger partial charge is 0.496 e. The van der Waals surface area contributed by atoms with Gasteiger partial charge in [0.05, 0.1) is 7.11 Å². The lowest BCUT2D eigenvalue weighted by atomic mass is 9.87. The smallest absolute Gasteiger partial charge is 0.125 e. The first-order valence-electron chi connectivity index (χ1n) is 5.55. The quantitative estimate of drug-likeness (QED) is 0.878. The Morgan fingerprint density at radius 2 is 2.00 bits per heavy atom. The van der Waals surface area contributed by atoms with Crippen LogP contribution in [0.2, 0.25) is 5.02 Å². The van der Waals surface area contributed by atoms with E-state index in [-0.39, 0.29) is 5.92 Å². The van der Waals surface area contributed by atoms with Gasteiger partial charge in [-0.2, -0.15) is 0 Å². The number of methoxy groups -OCH3 is 1. The molecule has 0 heterocycles. The van der Waals surface area contributed by atoms with Crippen LogP contribution in [0.5, 0.6) is 5.75 Å². The molecule has 2 nitrogen and oxygen atoms in total. The molecule has 1 unspecified atom stereocenters. The van der Waals surface area contributed by atoms with Crippen LogP contribution in [0.4, 0.5) is 0 Å². The predicted molar refractivity (Wildman–Crippen MR) is 69.4 cm³/mol. The first-order chi connectivity index (χ1) is 7.51. The summed E-state index contributed by atoms with van der Waals surface area (Å²) in [6, 6.07) is 3.88. The van der Waals surface area contributed by atoms with Crippen LogP contribution in [0.25, 0.3) is 0 Å². The van der Waals surface area contributed by atoms with Crippen molar-refractivity contribution in [3.63, 3.8) is 0 Å². The highest BCUT2D eigenvalue weighted by Crippen LogP contribution is 2.35. The van der Waals surface area contributed by atoms with Gasteiger partial charge in [-0.25, -0.2) is 0 Å². The van der Waals surface area contributed by atoms with Gasteiger partial charge in [0.15, 0.2) is 0 Å². The molecule has 0 spiro atoms. The summed E-state index contributed by atoms with van der Waals surface area (Å²) in [6.45, 7) is 6.93. The molecule has 90 valence electrons. The highest BCUT2D eigenvalue weighted by Gasteiger charge is 2.20. The van der Waals surface area contributed by atoms with Crippen molar-refractivity contribution in [1.82, 2.24) is 0 Å². The molecule has 0 aliphatic heterocycles. The lowest BCUT2D eigenvalue weighted by Gasteiger charge is -2.23. The molecule has 0 bridgehead atoms. The second kappa shape index (κ2) is 5.55. The summed E-state index contributed by atoms with van der Waals surface area (Å²) >= 11 is 6.09. The van der Waals surface area contributed by atoms with Crippen LogP contribution in [0.15, 0.2) is 12.1 Å². The zero-order valence-corrected chi connectivity index (χ0v) is 11.1. The Morgan fingerprint density at radius 3 is 2.44 bits per heavy atom. The molecule has 0 saturated heterocycles. The van der Waals surface area contributed by atoms with Crippen molar-refractivity contribution in [3.8, 4) is 5.75 Å². The van der Waals surface area contributed by atoms with Crippen molar-refractivity contribution in [2.45, 2.75) is 26.7 Å². The molecule has 1 rings (SSSR count). The summed E-state index contributed by atoms with van der Waals surface area (Å²) < 4.78 is 5.45. The SMILES string of the molecule is COc1c(C)cc(Cl)cc1C(CN)C(C)C.